The molecule has 1 aliphatic heterocycles. The zero-order chi connectivity index (χ0) is 14.6. The molecule has 0 saturated carbocycles. The number of hydrogen-bond acceptors (Lipinski definition) is 3. The summed E-state index contributed by atoms with van der Waals surface area (Å²) in [5, 5.41) is 11.4. The monoisotopic (exact) mass is 278 g/mol. The fourth-order valence-electron chi connectivity index (χ4n) is 2.12. The predicted molar refractivity (Wildman–Crippen MR) is 72.2 cm³/mol. The van der Waals surface area contributed by atoms with Crippen molar-refractivity contribution in [1.82, 2.24) is 10.2 Å². The van der Waals surface area contributed by atoms with Gasteiger partial charge in [0.05, 0.1) is 13.1 Å². The van der Waals surface area contributed by atoms with Gasteiger partial charge in [0.25, 0.3) is 0 Å². The molecule has 0 aliphatic carbocycles. The Labute approximate surface area is 117 Å². The van der Waals surface area contributed by atoms with Crippen molar-refractivity contribution >= 4 is 12.0 Å². The number of nitrogens with zero attached hydrogens (tertiary/aromatic N) is 1. The average molecular weight is 278 g/mol. The lowest BCUT2D eigenvalue weighted by molar-refractivity contribution is -0.159. The zero-order valence-electron chi connectivity index (χ0n) is 11.3. The summed E-state index contributed by atoms with van der Waals surface area (Å²) in [6.07, 6.45) is 0. The van der Waals surface area contributed by atoms with Crippen LogP contribution in [-0.4, -0.2) is 47.3 Å². The normalized spacial score (nSPS) is 16.4. The van der Waals surface area contributed by atoms with Gasteiger partial charge in [-0.1, -0.05) is 30.3 Å². The molecule has 2 rings (SSSR count). The first kappa shape index (κ1) is 14.3. The number of carbonyl (C=O) groups excluding carboxylic acids is 1. The SMILES string of the molecule is CC1(OCC(=O)O)CN(C(=O)NCc2ccccc2)C1. The zero-order valence-corrected chi connectivity index (χ0v) is 11.3. The number of aliphatic carboxylic acids is 1. The molecule has 6 nitrogen and oxygen atoms in total. The molecule has 2 amide bonds. The number of nitrogens with one attached hydrogen (secondary N) is 1. The Kier molecular flexibility index (Phi) is 4.24. The topological polar surface area (TPSA) is 78.9 Å². The van der Waals surface area contributed by atoms with Crippen molar-refractivity contribution in [2.45, 2.75) is 19.1 Å². The number of urea groups is 1. The molecular formula is C14H18N2O4. The van der Waals surface area contributed by atoms with E-state index in [1.54, 1.807) is 11.8 Å². The largest absolute Gasteiger partial charge is 0.480 e. The first-order valence-electron chi connectivity index (χ1n) is 6.41. The molecule has 0 atom stereocenters. The van der Waals surface area contributed by atoms with Crippen LogP contribution in [0.3, 0.4) is 0 Å². The lowest BCUT2D eigenvalue weighted by atomic mass is 9.97. The highest BCUT2D eigenvalue weighted by Crippen LogP contribution is 2.24. The molecule has 108 valence electrons. The third kappa shape index (κ3) is 3.71. The highest BCUT2D eigenvalue weighted by atomic mass is 16.5. The number of carbonyl (C=O) groups is 2. The summed E-state index contributed by atoms with van der Waals surface area (Å²) in [4.78, 5) is 23.9. The predicted octanol–water partition coefficient (Wildman–Crippen LogP) is 1.07. The van der Waals surface area contributed by atoms with Crippen molar-refractivity contribution in [2.75, 3.05) is 19.7 Å². The Hall–Kier alpha value is -2.08. The summed E-state index contributed by atoms with van der Waals surface area (Å²) in [6, 6.07) is 9.48. The van der Waals surface area contributed by atoms with Crippen LogP contribution in [0.4, 0.5) is 4.79 Å². The molecule has 1 aromatic carbocycles. The van der Waals surface area contributed by atoms with Crippen molar-refractivity contribution < 1.29 is 19.4 Å². The summed E-state index contributed by atoms with van der Waals surface area (Å²) in [5.74, 6) is -1.00. The van der Waals surface area contributed by atoms with Crippen LogP contribution >= 0.6 is 0 Å². The van der Waals surface area contributed by atoms with Gasteiger partial charge in [-0.15, -0.1) is 0 Å². The molecule has 1 aromatic rings. The summed E-state index contributed by atoms with van der Waals surface area (Å²) in [7, 11) is 0. The van der Waals surface area contributed by atoms with Gasteiger partial charge >= 0.3 is 12.0 Å². The Morgan fingerprint density at radius 3 is 2.60 bits per heavy atom. The smallest absolute Gasteiger partial charge is 0.329 e. The molecule has 0 unspecified atom stereocenters. The second-order valence-electron chi connectivity index (χ2n) is 5.13. The van der Waals surface area contributed by atoms with Crippen LogP contribution in [0.5, 0.6) is 0 Å². The van der Waals surface area contributed by atoms with Gasteiger partial charge in [0.15, 0.2) is 0 Å². The molecule has 1 heterocycles. The van der Waals surface area contributed by atoms with E-state index >= 15 is 0 Å². The van der Waals surface area contributed by atoms with Crippen LogP contribution in [0.1, 0.15) is 12.5 Å². The van der Waals surface area contributed by atoms with Gasteiger partial charge in [-0.05, 0) is 12.5 Å². The van der Waals surface area contributed by atoms with E-state index in [1.807, 2.05) is 30.3 Å². The molecule has 0 bridgehead atoms. The highest BCUT2D eigenvalue weighted by Gasteiger charge is 2.42. The maximum absolute atomic E-state index is 11.9. The van der Waals surface area contributed by atoms with Crippen molar-refractivity contribution in [3.63, 3.8) is 0 Å². The minimum absolute atomic E-state index is 0.162. The van der Waals surface area contributed by atoms with E-state index in [9.17, 15) is 9.59 Å². The number of ether oxygens (including phenoxy) is 1. The number of rotatable bonds is 5. The van der Waals surface area contributed by atoms with Gasteiger partial charge in [0.2, 0.25) is 0 Å². The van der Waals surface area contributed by atoms with Crippen LogP contribution in [0.2, 0.25) is 0 Å². The quantitative estimate of drug-likeness (QED) is 0.844. The number of carboxylic acids is 1. The number of likely N-dealkylation sites (tertiary alicyclic amines) is 1. The number of carboxylic acid groups (broad SMARTS) is 1. The standard InChI is InChI=1S/C14H18N2O4/c1-14(20-8-12(17)18)9-16(10-14)13(19)15-7-11-5-3-2-4-6-11/h2-6H,7-10H2,1H3,(H,15,19)(H,17,18). The van der Waals surface area contributed by atoms with Crippen LogP contribution in [0, 0.1) is 0 Å². The molecule has 2 N–H and O–H groups in total. The second kappa shape index (κ2) is 5.92. The van der Waals surface area contributed by atoms with Crippen molar-refractivity contribution in [3.05, 3.63) is 35.9 Å². The minimum Gasteiger partial charge on any atom is -0.480 e. The fourth-order valence-corrected chi connectivity index (χ4v) is 2.12. The fraction of sp³-hybridized carbons (Fsp3) is 0.429. The Morgan fingerprint density at radius 1 is 1.35 bits per heavy atom. The Balaban J connectivity index is 1.72. The molecule has 0 radical (unpaired) electrons. The molecule has 1 fully saturated rings. The van der Waals surface area contributed by atoms with Crippen molar-refractivity contribution in [3.8, 4) is 0 Å². The van der Waals surface area contributed by atoms with E-state index in [0.717, 1.165) is 5.56 Å². The van der Waals surface area contributed by atoms with Crippen LogP contribution < -0.4 is 5.32 Å². The third-order valence-corrected chi connectivity index (χ3v) is 3.17. The Morgan fingerprint density at radius 2 is 2.00 bits per heavy atom. The van der Waals surface area contributed by atoms with Crippen LogP contribution in [0.15, 0.2) is 30.3 Å². The maximum atomic E-state index is 11.9. The summed E-state index contributed by atoms with van der Waals surface area (Å²) >= 11 is 0. The molecule has 20 heavy (non-hydrogen) atoms. The van der Waals surface area contributed by atoms with Gasteiger partial charge in [-0.3, -0.25) is 0 Å². The molecule has 1 saturated heterocycles. The first-order valence-corrected chi connectivity index (χ1v) is 6.41. The first-order chi connectivity index (χ1) is 9.48. The average Bonchev–Trinajstić information content (AvgIpc) is 2.40. The van der Waals surface area contributed by atoms with Crippen LogP contribution in [0.25, 0.3) is 0 Å². The Bertz CT molecular complexity index is 483. The van der Waals surface area contributed by atoms with E-state index in [-0.39, 0.29) is 12.6 Å². The van der Waals surface area contributed by atoms with E-state index < -0.39 is 11.6 Å². The molecule has 6 heteroatoms. The molecule has 1 aliphatic rings. The molecule has 0 aromatic heterocycles. The lowest BCUT2D eigenvalue weighted by Crippen LogP contribution is -2.65. The number of benzene rings is 1. The minimum atomic E-state index is -1.00. The molecule has 0 spiro atoms. The molecular weight excluding hydrogens is 260 g/mol. The maximum Gasteiger partial charge on any atom is 0.329 e. The summed E-state index contributed by atoms with van der Waals surface area (Å²) in [5.41, 5.74) is 0.480. The van der Waals surface area contributed by atoms with E-state index in [4.69, 9.17) is 9.84 Å². The van der Waals surface area contributed by atoms with Crippen LogP contribution in [-0.2, 0) is 16.1 Å². The summed E-state index contributed by atoms with van der Waals surface area (Å²) in [6.45, 7) is 2.75. The van der Waals surface area contributed by atoms with Gasteiger partial charge in [-0.25, -0.2) is 9.59 Å². The van der Waals surface area contributed by atoms with Gasteiger partial charge in [0, 0.05) is 6.54 Å². The number of hydrogen-bond donors (Lipinski definition) is 2. The summed E-state index contributed by atoms with van der Waals surface area (Å²) < 4.78 is 5.25. The third-order valence-electron chi connectivity index (χ3n) is 3.17. The van der Waals surface area contributed by atoms with E-state index in [1.165, 1.54) is 0 Å². The van der Waals surface area contributed by atoms with Crippen molar-refractivity contribution in [1.29, 1.82) is 0 Å². The van der Waals surface area contributed by atoms with Gasteiger partial charge < -0.3 is 20.1 Å². The number of amides is 2. The highest BCUT2D eigenvalue weighted by molar-refractivity contribution is 5.75. The van der Waals surface area contributed by atoms with E-state index in [0.29, 0.717) is 19.6 Å². The van der Waals surface area contributed by atoms with Gasteiger partial charge in [-0.2, -0.15) is 0 Å². The lowest BCUT2D eigenvalue weighted by Gasteiger charge is -2.46. The second-order valence-corrected chi connectivity index (χ2v) is 5.13. The van der Waals surface area contributed by atoms with E-state index in [2.05, 4.69) is 5.32 Å². The van der Waals surface area contributed by atoms with Crippen molar-refractivity contribution in [2.24, 2.45) is 0 Å². The van der Waals surface area contributed by atoms with Gasteiger partial charge in [0.1, 0.15) is 12.2 Å².